The van der Waals surface area contributed by atoms with E-state index in [1.54, 1.807) is 30.0 Å². The van der Waals surface area contributed by atoms with E-state index in [0.29, 0.717) is 23.6 Å². The number of oxazole rings is 1. The number of amides is 1. The van der Waals surface area contributed by atoms with Crippen molar-refractivity contribution in [2.24, 2.45) is 0 Å². The van der Waals surface area contributed by atoms with Gasteiger partial charge in [-0.25, -0.2) is 9.37 Å². The highest BCUT2D eigenvalue weighted by atomic mass is 32.2. The normalized spacial score (nSPS) is 10.6. The number of benzene rings is 2. The summed E-state index contributed by atoms with van der Waals surface area (Å²) in [5.74, 6) is 0.288. The Morgan fingerprint density at radius 2 is 1.96 bits per heavy atom. The van der Waals surface area contributed by atoms with Crippen molar-refractivity contribution >= 4 is 23.4 Å². The molecular formula is C19H17FN2O2S. The molecule has 0 spiro atoms. The van der Waals surface area contributed by atoms with E-state index in [9.17, 15) is 9.18 Å². The fraction of sp³-hybridized carbons (Fsp3) is 0.158. The van der Waals surface area contributed by atoms with E-state index in [1.807, 2.05) is 30.5 Å². The molecule has 1 N–H and O–H groups in total. The first-order valence-electron chi connectivity index (χ1n) is 7.80. The summed E-state index contributed by atoms with van der Waals surface area (Å²) in [7, 11) is 0. The van der Waals surface area contributed by atoms with E-state index >= 15 is 0 Å². The van der Waals surface area contributed by atoms with Crippen LogP contribution in [0.1, 0.15) is 12.3 Å². The maximum Gasteiger partial charge on any atom is 0.224 e. The summed E-state index contributed by atoms with van der Waals surface area (Å²) in [5, 5.41) is 2.89. The Bertz CT molecular complexity index is 879. The van der Waals surface area contributed by atoms with Crippen molar-refractivity contribution < 1.29 is 13.6 Å². The zero-order valence-corrected chi connectivity index (χ0v) is 14.5. The summed E-state index contributed by atoms with van der Waals surface area (Å²) in [4.78, 5) is 17.3. The predicted octanol–water partition coefficient (Wildman–Crippen LogP) is 4.77. The number of nitrogens with one attached hydrogen (secondary N) is 1. The number of thioether (sulfide) groups is 1. The molecular weight excluding hydrogens is 339 g/mol. The van der Waals surface area contributed by atoms with Crippen LogP contribution in [0.2, 0.25) is 0 Å². The van der Waals surface area contributed by atoms with Gasteiger partial charge in [0, 0.05) is 17.7 Å². The third-order valence-electron chi connectivity index (χ3n) is 3.64. The molecule has 0 aliphatic rings. The number of halogens is 1. The van der Waals surface area contributed by atoms with Crippen molar-refractivity contribution in [1.82, 2.24) is 4.98 Å². The number of aryl methyl sites for hydroxylation is 1. The second-order valence-corrected chi connectivity index (χ2v) is 6.19. The van der Waals surface area contributed by atoms with E-state index in [-0.39, 0.29) is 18.1 Å². The predicted molar refractivity (Wildman–Crippen MR) is 97.1 cm³/mol. The van der Waals surface area contributed by atoms with Gasteiger partial charge < -0.3 is 9.73 Å². The Labute approximate surface area is 149 Å². The topological polar surface area (TPSA) is 55.1 Å². The number of nitrogens with zero attached hydrogens (tertiary/aromatic N) is 1. The second-order valence-electron chi connectivity index (χ2n) is 5.35. The summed E-state index contributed by atoms with van der Waals surface area (Å²) >= 11 is 1.57. The van der Waals surface area contributed by atoms with Gasteiger partial charge in [0.25, 0.3) is 0 Å². The highest BCUT2D eigenvalue weighted by molar-refractivity contribution is 7.98. The van der Waals surface area contributed by atoms with Crippen molar-refractivity contribution in [3.63, 3.8) is 0 Å². The summed E-state index contributed by atoms with van der Waals surface area (Å²) < 4.78 is 19.3. The third kappa shape index (κ3) is 4.28. The minimum absolute atomic E-state index is 0.118. The molecule has 0 aliphatic carbocycles. The van der Waals surface area contributed by atoms with E-state index in [4.69, 9.17) is 4.42 Å². The fourth-order valence-electron chi connectivity index (χ4n) is 2.39. The third-order valence-corrected chi connectivity index (χ3v) is 4.44. The number of rotatable bonds is 6. The molecule has 0 unspecified atom stereocenters. The molecule has 3 aromatic rings. The lowest BCUT2D eigenvalue weighted by atomic mass is 10.2. The number of anilines is 1. The van der Waals surface area contributed by atoms with E-state index in [0.717, 1.165) is 10.6 Å². The highest BCUT2D eigenvalue weighted by Crippen LogP contribution is 2.25. The summed E-state index contributed by atoms with van der Waals surface area (Å²) in [5.41, 5.74) is 1.15. The molecule has 0 aliphatic heterocycles. The quantitative estimate of drug-likeness (QED) is 0.646. The molecule has 0 saturated heterocycles. The van der Waals surface area contributed by atoms with Crippen LogP contribution in [0.3, 0.4) is 0 Å². The van der Waals surface area contributed by atoms with Gasteiger partial charge in [0.05, 0.1) is 17.4 Å². The SMILES string of the molecule is CSc1ccccc1NC(=O)CCc1ncc(-c2ccccc2F)o1. The molecule has 4 nitrogen and oxygen atoms in total. The Balaban J connectivity index is 1.61. The lowest BCUT2D eigenvalue weighted by molar-refractivity contribution is -0.116. The zero-order valence-electron chi connectivity index (χ0n) is 13.7. The molecule has 6 heteroatoms. The minimum atomic E-state index is -0.364. The Kier molecular flexibility index (Phi) is 5.50. The van der Waals surface area contributed by atoms with Gasteiger partial charge in [-0.15, -0.1) is 11.8 Å². The monoisotopic (exact) mass is 356 g/mol. The maximum atomic E-state index is 13.8. The number of hydrogen-bond donors (Lipinski definition) is 1. The van der Waals surface area contributed by atoms with Crippen LogP contribution in [0.4, 0.5) is 10.1 Å². The fourth-order valence-corrected chi connectivity index (χ4v) is 2.95. The molecule has 0 bridgehead atoms. The van der Waals surface area contributed by atoms with Crippen molar-refractivity contribution in [2.75, 3.05) is 11.6 Å². The molecule has 0 saturated carbocycles. The van der Waals surface area contributed by atoms with Gasteiger partial charge in [0.1, 0.15) is 5.82 Å². The average molecular weight is 356 g/mol. The number of para-hydroxylation sites is 1. The van der Waals surface area contributed by atoms with Gasteiger partial charge in [-0.3, -0.25) is 4.79 Å². The largest absolute Gasteiger partial charge is 0.441 e. The number of aromatic nitrogens is 1. The Morgan fingerprint density at radius 1 is 1.20 bits per heavy atom. The van der Waals surface area contributed by atoms with Crippen LogP contribution < -0.4 is 5.32 Å². The van der Waals surface area contributed by atoms with Crippen molar-refractivity contribution in [3.05, 3.63) is 66.4 Å². The lowest BCUT2D eigenvalue weighted by Crippen LogP contribution is -2.13. The molecule has 0 fully saturated rings. The van der Waals surface area contributed by atoms with Gasteiger partial charge in [-0.2, -0.15) is 0 Å². The average Bonchev–Trinajstić information content (AvgIpc) is 3.09. The molecule has 1 aromatic heterocycles. The second kappa shape index (κ2) is 7.98. The standard InChI is InChI=1S/C19H17FN2O2S/c1-25-17-9-5-4-8-15(17)22-18(23)10-11-19-21-12-16(24-19)13-6-2-3-7-14(13)20/h2-9,12H,10-11H2,1H3,(H,22,23). The van der Waals surface area contributed by atoms with Crippen LogP contribution in [0.15, 0.2) is 64.0 Å². The first kappa shape index (κ1) is 17.2. The van der Waals surface area contributed by atoms with Crippen LogP contribution in [0.5, 0.6) is 0 Å². The van der Waals surface area contributed by atoms with Crippen LogP contribution in [-0.2, 0) is 11.2 Å². The highest BCUT2D eigenvalue weighted by Gasteiger charge is 2.12. The summed E-state index contributed by atoms with van der Waals surface area (Å²) in [6.07, 6.45) is 4.03. The van der Waals surface area contributed by atoms with Crippen LogP contribution >= 0.6 is 11.8 Å². The Hall–Kier alpha value is -2.60. The van der Waals surface area contributed by atoms with Crippen molar-refractivity contribution in [2.45, 2.75) is 17.7 Å². The van der Waals surface area contributed by atoms with Gasteiger partial charge in [-0.05, 0) is 30.5 Å². The summed E-state index contributed by atoms with van der Waals surface area (Å²) in [6.45, 7) is 0. The molecule has 0 radical (unpaired) electrons. The molecule has 25 heavy (non-hydrogen) atoms. The van der Waals surface area contributed by atoms with E-state index in [1.165, 1.54) is 12.3 Å². The number of carbonyl (C=O) groups is 1. The first-order valence-corrected chi connectivity index (χ1v) is 9.02. The lowest BCUT2D eigenvalue weighted by Gasteiger charge is -2.08. The maximum absolute atomic E-state index is 13.8. The molecule has 128 valence electrons. The van der Waals surface area contributed by atoms with Crippen LogP contribution in [0.25, 0.3) is 11.3 Å². The van der Waals surface area contributed by atoms with Gasteiger partial charge in [0.2, 0.25) is 5.91 Å². The molecule has 1 heterocycles. The minimum Gasteiger partial charge on any atom is -0.441 e. The van der Waals surface area contributed by atoms with Gasteiger partial charge in [0.15, 0.2) is 11.7 Å². The Morgan fingerprint density at radius 3 is 2.76 bits per heavy atom. The molecule has 2 aromatic carbocycles. The smallest absolute Gasteiger partial charge is 0.224 e. The van der Waals surface area contributed by atoms with Gasteiger partial charge >= 0.3 is 0 Å². The first-order chi connectivity index (χ1) is 12.2. The number of carbonyl (C=O) groups excluding carboxylic acids is 1. The zero-order chi connectivity index (χ0) is 17.6. The van der Waals surface area contributed by atoms with E-state index < -0.39 is 0 Å². The molecule has 3 rings (SSSR count). The molecule has 0 atom stereocenters. The van der Waals surface area contributed by atoms with Crippen LogP contribution in [-0.4, -0.2) is 17.1 Å². The van der Waals surface area contributed by atoms with E-state index in [2.05, 4.69) is 10.3 Å². The summed E-state index contributed by atoms with van der Waals surface area (Å²) in [6, 6.07) is 14.0. The molecule has 1 amide bonds. The van der Waals surface area contributed by atoms with Crippen molar-refractivity contribution in [3.8, 4) is 11.3 Å². The number of hydrogen-bond acceptors (Lipinski definition) is 4. The van der Waals surface area contributed by atoms with Crippen molar-refractivity contribution in [1.29, 1.82) is 0 Å². The van der Waals surface area contributed by atoms with Crippen LogP contribution in [0, 0.1) is 5.82 Å². The van der Waals surface area contributed by atoms with Gasteiger partial charge in [-0.1, -0.05) is 24.3 Å².